The summed E-state index contributed by atoms with van der Waals surface area (Å²) in [4.78, 5) is 10.1. The second-order valence-electron chi connectivity index (χ2n) is 2.98. The molecule has 0 radical (unpaired) electrons. The average Bonchev–Trinajstić information content (AvgIpc) is 2.17. The van der Waals surface area contributed by atoms with Crippen LogP contribution in [0.25, 0.3) is 0 Å². The number of hydrogen-bond donors (Lipinski definition) is 0. The normalized spacial score (nSPS) is 10.0. The average molecular weight is 180 g/mol. The molecule has 0 unspecified atom stereocenters. The molecule has 0 spiro atoms. The van der Waals surface area contributed by atoms with E-state index in [2.05, 4.69) is 0 Å². The second-order valence-corrected chi connectivity index (χ2v) is 2.98. The zero-order chi connectivity index (χ0) is 9.68. The van der Waals surface area contributed by atoms with Gasteiger partial charge in [-0.05, 0) is 30.0 Å². The van der Waals surface area contributed by atoms with Crippen molar-refractivity contribution < 1.29 is 9.18 Å². The van der Waals surface area contributed by atoms with Gasteiger partial charge >= 0.3 is 0 Å². The largest absolute Gasteiger partial charge is 0.303 e. The van der Waals surface area contributed by atoms with Crippen LogP contribution in [0.5, 0.6) is 0 Å². The highest BCUT2D eigenvalue weighted by Gasteiger charge is 2.01. The van der Waals surface area contributed by atoms with E-state index in [0.29, 0.717) is 18.4 Å². The van der Waals surface area contributed by atoms with Gasteiger partial charge in [0, 0.05) is 6.42 Å². The van der Waals surface area contributed by atoms with Gasteiger partial charge in [0.15, 0.2) is 0 Å². The molecule has 0 saturated carbocycles. The van der Waals surface area contributed by atoms with Gasteiger partial charge in [0.25, 0.3) is 0 Å². The number of rotatable bonds is 4. The van der Waals surface area contributed by atoms with Gasteiger partial charge in [0.1, 0.15) is 12.1 Å². The number of aryl methyl sites for hydroxylation is 2. The molecule has 1 nitrogen and oxygen atoms in total. The van der Waals surface area contributed by atoms with E-state index >= 15 is 0 Å². The minimum atomic E-state index is -0.209. The number of halogens is 1. The maximum absolute atomic E-state index is 13.1. The summed E-state index contributed by atoms with van der Waals surface area (Å²) in [7, 11) is 0. The van der Waals surface area contributed by atoms with Crippen molar-refractivity contribution in [3.63, 3.8) is 0 Å². The van der Waals surface area contributed by atoms with Gasteiger partial charge in [-0.1, -0.05) is 19.1 Å². The number of aldehydes is 1. The van der Waals surface area contributed by atoms with Crippen LogP contribution in [0.15, 0.2) is 18.2 Å². The Labute approximate surface area is 77.6 Å². The van der Waals surface area contributed by atoms with Crippen molar-refractivity contribution in [1.29, 1.82) is 0 Å². The van der Waals surface area contributed by atoms with Gasteiger partial charge in [0.05, 0.1) is 0 Å². The first-order valence-corrected chi connectivity index (χ1v) is 4.49. The molecule has 0 amide bonds. The lowest BCUT2D eigenvalue weighted by molar-refractivity contribution is -0.107. The highest BCUT2D eigenvalue weighted by Crippen LogP contribution is 2.12. The Hall–Kier alpha value is -1.18. The predicted molar refractivity (Wildman–Crippen MR) is 50.2 cm³/mol. The zero-order valence-electron chi connectivity index (χ0n) is 7.72. The quantitative estimate of drug-likeness (QED) is 0.651. The van der Waals surface area contributed by atoms with Gasteiger partial charge in [-0.2, -0.15) is 0 Å². The van der Waals surface area contributed by atoms with Gasteiger partial charge in [-0.3, -0.25) is 0 Å². The molecule has 0 aromatic heterocycles. The third-order valence-electron chi connectivity index (χ3n) is 2.05. The summed E-state index contributed by atoms with van der Waals surface area (Å²) in [5.74, 6) is -0.209. The van der Waals surface area contributed by atoms with E-state index in [1.807, 2.05) is 13.0 Å². The molecular weight excluding hydrogens is 167 g/mol. The summed E-state index contributed by atoms with van der Waals surface area (Å²) in [5.41, 5.74) is 1.76. The van der Waals surface area contributed by atoms with Crippen molar-refractivity contribution in [2.24, 2.45) is 0 Å². The smallest absolute Gasteiger partial charge is 0.126 e. The molecule has 1 rings (SSSR count). The molecule has 0 heterocycles. The Bertz CT molecular complexity index is 294. The summed E-state index contributed by atoms with van der Waals surface area (Å²) < 4.78 is 13.1. The first kappa shape index (κ1) is 9.90. The fraction of sp³-hybridized carbons (Fsp3) is 0.364. The Morgan fingerprint density at radius 3 is 2.85 bits per heavy atom. The maximum Gasteiger partial charge on any atom is 0.126 e. The SMILES string of the molecule is CCc1ccc(F)c(CCC=O)c1. The van der Waals surface area contributed by atoms with Crippen molar-refractivity contribution >= 4 is 6.29 Å². The molecule has 1 aromatic rings. The molecule has 0 aliphatic rings. The van der Waals surface area contributed by atoms with E-state index in [1.54, 1.807) is 6.07 Å². The van der Waals surface area contributed by atoms with E-state index in [1.165, 1.54) is 6.07 Å². The van der Waals surface area contributed by atoms with Gasteiger partial charge in [0.2, 0.25) is 0 Å². The van der Waals surface area contributed by atoms with E-state index < -0.39 is 0 Å². The van der Waals surface area contributed by atoms with Crippen molar-refractivity contribution in [3.8, 4) is 0 Å². The molecule has 0 atom stereocenters. The van der Waals surface area contributed by atoms with Gasteiger partial charge < -0.3 is 4.79 Å². The van der Waals surface area contributed by atoms with Crippen LogP contribution in [-0.2, 0) is 17.6 Å². The summed E-state index contributed by atoms with van der Waals surface area (Å²) >= 11 is 0. The van der Waals surface area contributed by atoms with E-state index in [0.717, 1.165) is 18.3 Å². The molecule has 0 saturated heterocycles. The van der Waals surface area contributed by atoms with Crippen molar-refractivity contribution in [2.75, 3.05) is 0 Å². The van der Waals surface area contributed by atoms with E-state index in [4.69, 9.17) is 0 Å². The lowest BCUT2D eigenvalue weighted by Gasteiger charge is -2.03. The molecule has 2 heteroatoms. The summed E-state index contributed by atoms with van der Waals surface area (Å²) in [6.45, 7) is 2.02. The minimum absolute atomic E-state index is 0.209. The molecule has 0 aliphatic heterocycles. The number of hydrogen-bond acceptors (Lipinski definition) is 1. The standard InChI is InChI=1S/C11H13FO/c1-2-9-5-6-11(12)10(8-9)4-3-7-13/h5-8H,2-4H2,1H3. The zero-order valence-corrected chi connectivity index (χ0v) is 7.72. The predicted octanol–water partition coefficient (Wildman–Crippen LogP) is 2.52. The molecule has 13 heavy (non-hydrogen) atoms. The second kappa shape index (κ2) is 4.75. The molecule has 1 aromatic carbocycles. The van der Waals surface area contributed by atoms with E-state index in [9.17, 15) is 9.18 Å². The Morgan fingerprint density at radius 2 is 2.23 bits per heavy atom. The summed E-state index contributed by atoms with van der Waals surface area (Å²) in [6.07, 6.45) is 2.61. The van der Waals surface area contributed by atoms with Crippen LogP contribution in [0.3, 0.4) is 0 Å². The van der Waals surface area contributed by atoms with Crippen LogP contribution in [0.2, 0.25) is 0 Å². The Balaban J connectivity index is 2.83. The topological polar surface area (TPSA) is 17.1 Å². The first-order chi connectivity index (χ1) is 6.27. The van der Waals surface area contributed by atoms with Crippen molar-refractivity contribution in [2.45, 2.75) is 26.2 Å². The summed E-state index contributed by atoms with van der Waals surface area (Å²) in [5, 5.41) is 0. The van der Waals surface area contributed by atoms with Crippen molar-refractivity contribution in [1.82, 2.24) is 0 Å². The van der Waals surface area contributed by atoms with Crippen LogP contribution in [0, 0.1) is 5.82 Å². The molecule has 0 N–H and O–H groups in total. The highest BCUT2D eigenvalue weighted by molar-refractivity contribution is 5.50. The molecule has 0 aliphatic carbocycles. The van der Waals surface area contributed by atoms with Gasteiger partial charge in [-0.15, -0.1) is 0 Å². The number of carbonyl (C=O) groups excluding carboxylic acids is 1. The Morgan fingerprint density at radius 1 is 1.46 bits per heavy atom. The minimum Gasteiger partial charge on any atom is -0.303 e. The molecular formula is C11H13FO. The van der Waals surface area contributed by atoms with Crippen LogP contribution in [-0.4, -0.2) is 6.29 Å². The first-order valence-electron chi connectivity index (χ1n) is 4.49. The fourth-order valence-electron chi connectivity index (χ4n) is 1.25. The lowest BCUT2D eigenvalue weighted by Crippen LogP contribution is -1.93. The van der Waals surface area contributed by atoms with Crippen LogP contribution < -0.4 is 0 Å². The van der Waals surface area contributed by atoms with Crippen LogP contribution >= 0.6 is 0 Å². The lowest BCUT2D eigenvalue weighted by atomic mass is 10.0. The monoisotopic (exact) mass is 180 g/mol. The highest BCUT2D eigenvalue weighted by atomic mass is 19.1. The third kappa shape index (κ3) is 2.65. The molecule has 0 bridgehead atoms. The Kier molecular flexibility index (Phi) is 3.62. The van der Waals surface area contributed by atoms with Crippen LogP contribution in [0.1, 0.15) is 24.5 Å². The fourth-order valence-corrected chi connectivity index (χ4v) is 1.25. The van der Waals surface area contributed by atoms with Gasteiger partial charge in [-0.25, -0.2) is 4.39 Å². The third-order valence-corrected chi connectivity index (χ3v) is 2.05. The number of benzene rings is 1. The maximum atomic E-state index is 13.1. The van der Waals surface area contributed by atoms with Crippen molar-refractivity contribution in [3.05, 3.63) is 35.1 Å². The van der Waals surface area contributed by atoms with Crippen LogP contribution in [0.4, 0.5) is 4.39 Å². The molecule has 70 valence electrons. The van der Waals surface area contributed by atoms with E-state index in [-0.39, 0.29) is 5.82 Å². The summed E-state index contributed by atoms with van der Waals surface area (Å²) in [6, 6.07) is 5.08. The number of carbonyl (C=O) groups is 1. The molecule has 0 fully saturated rings.